The van der Waals surface area contributed by atoms with E-state index in [0.717, 1.165) is 13.1 Å². The Morgan fingerprint density at radius 1 is 1.55 bits per heavy atom. The molecule has 1 aliphatic rings. The number of carbonyl (C=O) groups excluding carboxylic acids is 1. The number of amidine groups is 1. The van der Waals surface area contributed by atoms with Crippen molar-refractivity contribution in [2.75, 3.05) is 33.3 Å². The van der Waals surface area contributed by atoms with Crippen LogP contribution in [0.15, 0.2) is 5.16 Å². The molecule has 4 N–H and O–H groups in total. The molecule has 1 saturated heterocycles. The number of hydrogen-bond acceptors (Lipinski definition) is 5. The minimum atomic E-state index is -0.949. The summed E-state index contributed by atoms with van der Waals surface area (Å²) in [5.41, 5.74) is 4.76. The van der Waals surface area contributed by atoms with E-state index in [1.807, 2.05) is 20.9 Å². The third-order valence-electron chi connectivity index (χ3n) is 4.07. The molecule has 116 valence electrons. The van der Waals surface area contributed by atoms with Crippen LogP contribution in [0.2, 0.25) is 0 Å². The lowest BCUT2D eigenvalue weighted by Gasteiger charge is -2.32. The maximum Gasteiger partial charge on any atom is 0.234 e. The summed E-state index contributed by atoms with van der Waals surface area (Å²) in [7, 11) is 2.02. The average Bonchev–Trinajstić information content (AvgIpc) is 2.46. The van der Waals surface area contributed by atoms with E-state index in [1.54, 1.807) is 0 Å². The summed E-state index contributed by atoms with van der Waals surface area (Å²) < 4.78 is 5.60. The van der Waals surface area contributed by atoms with Gasteiger partial charge in [-0.1, -0.05) is 19.0 Å². The highest BCUT2D eigenvalue weighted by atomic mass is 16.5. The average molecular weight is 286 g/mol. The van der Waals surface area contributed by atoms with Gasteiger partial charge in [-0.15, -0.1) is 0 Å². The number of ether oxygens (including phenoxy) is 1. The van der Waals surface area contributed by atoms with Crippen molar-refractivity contribution in [1.29, 1.82) is 0 Å². The summed E-state index contributed by atoms with van der Waals surface area (Å²) in [5.74, 6) is -0.253. The topological polar surface area (TPSA) is 100 Å². The van der Waals surface area contributed by atoms with Gasteiger partial charge in [0.1, 0.15) is 5.41 Å². The largest absolute Gasteiger partial charge is 0.409 e. The highest BCUT2D eigenvalue weighted by molar-refractivity contribution is 6.06. The molecule has 0 aromatic carbocycles. The van der Waals surface area contributed by atoms with Gasteiger partial charge in [-0.05, 0) is 19.9 Å². The van der Waals surface area contributed by atoms with Crippen molar-refractivity contribution in [3.05, 3.63) is 0 Å². The lowest BCUT2D eigenvalue weighted by molar-refractivity contribution is -0.129. The van der Waals surface area contributed by atoms with Crippen molar-refractivity contribution in [2.45, 2.75) is 32.8 Å². The van der Waals surface area contributed by atoms with Crippen LogP contribution in [0, 0.1) is 5.41 Å². The molecule has 20 heavy (non-hydrogen) atoms. The van der Waals surface area contributed by atoms with E-state index in [0.29, 0.717) is 26.0 Å². The van der Waals surface area contributed by atoms with Gasteiger partial charge in [-0.3, -0.25) is 4.79 Å². The Morgan fingerprint density at radius 2 is 2.20 bits per heavy atom. The summed E-state index contributed by atoms with van der Waals surface area (Å²) in [4.78, 5) is 14.6. The molecule has 7 heteroatoms. The first-order valence-electron chi connectivity index (χ1n) is 7.06. The van der Waals surface area contributed by atoms with Crippen LogP contribution in [0.4, 0.5) is 0 Å². The minimum absolute atomic E-state index is 0.0172. The zero-order valence-corrected chi connectivity index (χ0v) is 12.6. The normalized spacial score (nSPS) is 21.8. The summed E-state index contributed by atoms with van der Waals surface area (Å²) in [6.07, 6.45) is 0.948. The maximum absolute atomic E-state index is 12.4. The first-order chi connectivity index (χ1) is 9.50. The molecule has 0 bridgehead atoms. The molecule has 0 aliphatic carbocycles. The van der Waals surface area contributed by atoms with E-state index < -0.39 is 5.41 Å². The Hall–Kier alpha value is -1.34. The van der Waals surface area contributed by atoms with Crippen molar-refractivity contribution in [2.24, 2.45) is 16.3 Å². The molecule has 1 aliphatic heterocycles. The minimum Gasteiger partial charge on any atom is -0.409 e. The number of nitrogens with one attached hydrogen (secondary N) is 1. The number of morpholine rings is 1. The number of carbonyl (C=O) groups is 1. The number of nitrogens with zero attached hydrogens (tertiary/aromatic N) is 2. The second-order valence-electron chi connectivity index (χ2n) is 5.24. The molecular formula is C13H26N4O3. The Morgan fingerprint density at radius 3 is 2.70 bits per heavy atom. The van der Waals surface area contributed by atoms with Crippen LogP contribution in [0.1, 0.15) is 26.7 Å². The second kappa shape index (κ2) is 7.44. The molecule has 0 aromatic rings. The molecule has 1 unspecified atom stereocenters. The predicted molar refractivity (Wildman–Crippen MR) is 76.7 cm³/mol. The van der Waals surface area contributed by atoms with Gasteiger partial charge in [0.2, 0.25) is 5.91 Å². The number of rotatable bonds is 6. The van der Waals surface area contributed by atoms with E-state index >= 15 is 0 Å². The first kappa shape index (κ1) is 16.7. The molecule has 1 heterocycles. The fourth-order valence-corrected chi connectivity index (χ4v) is 2.51. The van der Waals surface area contributed by atoms with Gasteiger partial charge in [0, 0.05) is 19.6 Å². The van der Waals surface area contributed by atoms with Gasteiger partial charge < -0.3 is 25.9 Å². The summed E-state index contributed by atoms with van der Waals surface area (Å²) in [5, 5.41) is 14.8. The molecule has 1 fully saturated rings. The highest BCUT2D eigenvalue weighted by Crippen LogP contribution is 2.27. The fourth-order valence-electron chi connectivity index (χ4n) is 2.51. The predicted octanol–water partition coefficient (Wildman–Crippen LogP) is -0.0140. The molecule has 1 amide bonds. The second-order valence-corrected chi connectivity index (χ2v) is 5.24. The van der Waals surface area contributed by atoms with Crippen molar-refractivity contribution in [1.82, 2.24) is 10.2 Å². The van der Waals surface area contributed by atoms with Gasteiger partial charge in [0.05, 0.1) is 12.7 Å². The van der Waals surface area contributed by atoms with E-state index in [9.17, 15) is 4.79 Å². The van der Waals surface area contributed by atoms with Gasteiger partial charge in [-0.2, -0.15) is 0 Å². The van der Waals surface area contributed by atoms with Crippen LogP contribution >= 0.6 is 0 Å². The van der Waals surface area contributed by atoms with Crippen molar-refractivity contribution in [3.8, 4) is 0 Å². The number of nitrogens with two attached hydrogens (primary N) is 1. The Bertz CT molecular complexity index is 356. The van der Waals surface area contributed by atoms with E-state index in [1.165, 1.54) is 0 Å². The number of likely N-dealkylation sites (N-methyl/N-ethyl adjacent to an activating group) is 1. The Kier molecular flexibility index (Phi) is 6.22. The van der Waals surface area contributed by atoms with Crippen LogP contribution < -0.4 is 11.1 Å². The lowest BCUT2D eigenvalue weighted by Crippen LogP contribution is -2.52. The van der Waals surface area contributed by atoms with Gasteiger partial charge in [0.25, 0.3) is 0 Å². The molecule has 7 nitrogen and oxygen atoms in total. The molecule has 1 rings (SSSR count). The molecule has 0 radical (unpaired) electrons. The Balaban J connectivity index is 2.63. The van der Waals surface area contributed by atoms with Gasteiger partial charge >= 0.3 is 0 Å². The third kappa shape index (κ3) is 3.61. The molecule has 0 aromatic heterocycles. The zero-order chi connectivity index (χ0) is 15.2. The first-order valence-corrected chi connectivity index (χ1v) is 7.06. The Labute approximate surface area is 120 Å². The number of oxime groups is 1. The van der Waals surface area contributed by atoms with Crippen molar-refractivity contribution in [3.63, 3.8) is 0 Å². The highest BCUT2D eigenvalue weighted by Gasteiger charge is 2.40. The third-order valence-corrected chi connectivity index (χ3v) is 4.07. The zero-order valence-electron chi connectivity index (χ0n) is 12.6. The van der Waals surface area contributed by atoms with Crippen LogP contribution in [-0.2, 0) is 9.53 Å². The van der Waals surface area contributed by atoms with Gasteiger partial charge in [-0.25, -0.2) is 0 Å². The van der Waals surface area contributed by atoms with Crippen molar-refractivity contribution >= 4 is 11.7 Å². The fraction of sp³-hybridized carbons (Fsp3) is 0.846. The SMILES string of the molecule is CCC(CC)(C(=O)NCC1CN(C)CCO1)C(N)=NO. The molecule has 1 atom stereocenters. The van der Waals surface area contributed by atoms with Gasteiger partial charge in [0.15, 0.2) is 5.84 Å². The summed E-state index contributed by atoms with van der Waals surface area (Å²) in [6.45, 7) is 6.50. The van der Waals surface area contributed by atoms with Crippen LogP contribution in [0.5, 0.6) is 0 Å². The smallest absolute Gasteiger partial charge is 0.234 e. The molecule has 0 saturated carbocycles. The summed E-state index contributed by atoms with van der Waals surface area (Å²) >= 11 is 0. The maximum atomic E-state index is 12.4. The van der Waals surface area contributed by atoms with E-state index in [-0.39, 0.29) is 17.8 Å². The van der Waals surface area contributed by atoms with Crippen LogP contribution in [0.25, 0.3) is 0 Å². The molecule has 0 spiro atoms. The van der Waals surface area contributed by atoms with Crippen molar-refractivity contribution < 1.29 is 14.7 Å². The number of amides is 1. The van der Waals surface area contributed by atoms with E-state index in [4.69, 9.17) is 15.7 Å². The quantitative estimate of drug-likeness (QED) is 0.276. The monoisotopic (exact) mass is 286 g/mol. The van der Waals surface area contributed by atoms with Crippen LogP contribution in [0.3, 0.4) is 0 Å². The lowest BCUT2D eigenvalue weighted by atomic mass is 9.80. The van der Waals surface area contributed by atoms with Crippen LogP contribution in [-0.4, -0.2) is 61.2 Å². The van der Waals surface area contributed by atoms with E-state index in [2.05, 4.69) is 15.4 Å². The number of hydrogen-bond donors (Lipinski definition) is 3. The standard InChI is InChI=1S/C13H26N4O3/c1-4-13(5-2,11(14)16-19)12(18)15-8-10-9-17(3)6-7-20-10/h10,19H,4-9H2,1-3H3,(H2,14,16)(H,15,18). The molecular weight excluding hydrogens is 260 g/mol. The summed E-state index contributed by atoms with van der Waals surface area (Å²) in [6, 6.07) is 0.